The molecule has 0 saturated carbocycles. The summed E-state index contributed by atoms with van der Waals surface area (Å²) in [5, 5.41) is 5.08. The fourth-order valence-corrected chi connectivity index (χ4v) is 4.28. The number of pyridine rings is 1. The normalized spacial score (nSPS) is 16.6. The van der Waals surface area contributed by atoms with Gasteiger partial charge in [0, 0.05) is 36.8 Å². The first-order valence-corrected chi connectivity index (χ1v) is 11.6. The van der Waals surface area contributed by atoms with E-state index >= 15 is 0 Å². The molecular formula is C27H31N3O4. The van der Waals surface area contributed by atoms with E-state index < -0.39 is 5.54 Å². The first-order chi connectivity index (χ1) is 16.4. The Morgan fingerprint density at radius 2 is 1.97 bits per heavy atom. The van der Waals surface area contributed by atoms with E-state index in [0.29, 0.717) is 32.1 Å². The van der Waals surface area contributed by atoms with Gasteiger partial charge in [-0.2, -0.15) is 0 Å². The van der Waals surface area contributed by atoms with Crippen LogP contribution in [0.3, 0.4) is 0 Å². The van der Waals surface area contributed by atoms with Crippen LogP contribution in [0.15, 0.2) is 67.0 Å². The van der Waals surface area contributed by atoms with Crippen LogP contribution in [0.5, 0.6) is 5.75 Å². The summed E-state index contributed by atoms with van der Waals surface area (Å²) < 4.78 is 11.3. The van der Waals surface area contributed by atoms with Gasteiger partial charge in [-0.25, -0.2) is 0 Å². The Hall–Kier alpha value is -3.45. The summed E-state index contributed by atoms with van der Waals surface area (Å²) in [6.07, 6.45) is 4.45. The molecule has 1 aliphatic heterocycles. The van der Waals surface area contributed by atoms with Gasteiger partial charge in [0.2, 0.25) is 5.91 Å². The molecule has 1 aromatic heterocycles. The minimum absolute atomic E-state index is 0.126. The summed E-state index contributed by atoms with van der Waals surface area (Å²) in [5.74, 6) is 0.306. The van der Waals surface area contributed by atoms with Crippen molar-refractivity contribution < 1.29 is 19.1 Å². The molecule has 0 bridgehead atoms. The Kier molecular flexibility index (Phi) is 7.43. The standard InChI is InChI=1S/C27H31N3O4/c1-27(2,29-25(31)19-34-24-6-4-3-5-7-24)26(32)30-12-13-33-18-21(17-30)14-20-8-9-22-10-11-28-16-23(22)15-20/h3-11,15-16,21H,12-14,17-19H2,1-2H3,(H,29,31). The number of amides is 2. The number of ether oxygens (including phenoxy) is 2. The first kappa shape index (κ1) is 23.7. The van der Waals surface area contributed by atoms with Crippen molar-refractivity contribution in [1.82, 2.24) is 15.2 Å². The van der Waals surface area contributed by atoms with Gasteiger partial charge < -0.3 is 19.7 Å². The lowest BCUT2D eigenvalue weighted by atomic mass is 9.96. The molecule has 2 amide bonds. The molecule has 1 N–H and O–H groups in total. The van der Waals surface area contributed by atoms with Crippen LogP contribution >= 0.6 is 0 Å². The van der Waals surface area contributed by atoms with Crippen molar-refractivity contribution in [1.29, 1.82) is 0 Å². The van der Waals surface area contributed by atoms with Crippen molar-refractivity contribution in [2.45, 2.75) is 25.8 Å². The van der Waals surface area contributed by atoms with E-state index in [0.717, 1.165) is 17.2 Å². The summed E-state index contributed by atoms with van der Waals surface area (Å²) in [6.45, 7) is 5.45. The molecule has 3 aromatic rings. The number of carbonyl (C=O) groups excluding carboxylic acids is 2. The van der Waals surface area contributed by atoms with Crippen molar-refractivity contribution in [3.63, 3.8) is 0 Å². The highest BCUT2D eigenvalue weighted by molar-refractivity contribution is 5.91. The average molecular weight is 462 g/mol. The minimum atomic E-state index is -1.05. The number of nitrogens with one attached hydrogen (secondary N) is 1. The van der Waals surface area contributed by atoms with Gasteiger partial charge in [0.25, 0.3) is 5.91 Å². The van der Waals surface area contributed by atoms with Crippen molar-refractivity contribution >= 4 is 22.6 Å². The lowest BCUT2D eigenvalue weighted by Gasteiger charge is -2.33. The second-order valence-corrected chi connectivity index (χ2v) is 9.23. The molecule has 1 saturated heterocycles. The van der Waals surface area contributed by atoms with E-state index in [1.54, 1.807) is 37.1 Å². The predicted molar refractivity (Wildman–Crippen MR) is 130 cm³/mol. The van der Waals surface area contributed by atoms with E-state index in [2.05, 4.69) is 28.5 Å². The molecule has 0 spiro atoms. The molecule has 34 heavy (non-hydrogen) atoms. The Balaban J connectivity index is 1.36. The van der Waals surface area contributed by atoms with Crippen LogP contribution in [-0.2, 0) is 20.7 Å². The Morgan fingerprint density at radius 3 is 2.79 bits per heavy atom. The number of rotatable bonds is 7. The third-order valence-corrected chi connectivity index (χ3v) is 5.95. The highest BCUT2D eigenvalue weighted by atomic mass is 16.5. The molecule has 0 aliphatic carbocycles. The Labute approximate surface area is 200 Å². The number of hydrogen-bond donors (Lipinski definition) is 1. The molecule has 1 fully saturated rings. The van der Waals surface area contributed by atoms with Crippen LogP contribution in [0.4, 0.5) is 0 Å². The SMILES string of the molecule is CC(C)(NC(=O)COc1ccccc1)C(=O)N1CCOCC(Cc2ccc3ccncc3c2)C1. The van der Waals surface area contributed by atoms with E-state index in [1.807, 2.05) is 30.5 Å². The van der Waals surface area contributed by atoms with Crippen LogP contribution < -0.4 is 10.1 Å². The number of fused-ring (bicyclic) bond motifs is 1. The largest absolute Gasteiger partial charge is 0.484 e. The number of carbonyl (C=O) groups is 2. The highest BCUT2D eigenvalue weighted by Gasteiger charge is 2.35. The molecule has 0 radical (unpaired) electrons. The van der Waals surface area contributed by atoms with E-state index in [1.165, 1.54) is 5.56 Å². The maximum Gasteiger partial charge on any atom is 0.258 e. The lowest BCUT2D eigenvalue weighted by molar-refractivity contribution is -0.141. The first-order valence-electron chi connectivity index (χ1n) is 11.6. The van der Waals surface area contributed by atoms with Gasteiger partial charge >= 0.3 is 0 Å². The monoisotopic (exact) mass is 461 g/mol. The highest BCUT2D eigenvalue weighted by Crippen LogP contribution is 2.20. The summed E-state index contributed by atoms with van der Waals surface area (Å²) in [7, 11) is 0. The van der Waals surface area contributed by atoms with Crippen molar-refractivity contribution in [2.75, 3.05) is 32.9 Å². The van der Waals surface area contributed by atoms with Crippen LogP contribution in [0.25, 0.3) is 10.8 Å². The summed E-state index contributed by atoms with van der Waals surface area (Å²) in [6, 6.07) is 17.5. The van der Waals surface area contributed by atoms with Crippen LogP contribution in [-0.4, -0.2) is 60.1 Å². The van der Waals surface area contributed by atoms with Gasteiger partial charge in [-0.05, 0) is 55.5 Å². The molecule has 4 rings (SSSR count). The molecule has 7 nitrogen and oxygen atoms in total. The maximum absolute atomic E-state index is 13.4. The van der Waals surface area contributed by atoms with E-state index in [4.69, 9.17) is 9.47 Å². The zero-order chi connectivity index (χ0) is 24.0. The van der Waals surface area contributed by atoms with Gasteiger partial charge in [0.15, 0.2) is 6.61 Å². The fourth-order valence-electron chi connectivity index (χ4n) is 4.28. The van der Waals surface area contributed by atoms with Crippen molar-refractivity contribution in [2.24, 2.45) is 5.92 Å². The Bertz CT molecular complexity index is 1130. The molecule has 1 atom stereocenters. The quantitative estimate of drug-likeness (QED) is 0.584. The lowest BCUT2D eigenvalue weighted by Crippen LogP contribution is -2.57. The molecule has 178 valence electrons. The molecule has 2 heterocycles. The summed E-state index contributed by atoms with van der Waals surface area (Å²) in [5.41, 5.74) is 0.134. The predicted octanol–water partition coefficient (Wildman–Crippen LogP) is 3.23. The minimum Gasteiger partial charge on any atom is -0.484 e. The smallest absolute Gasteiger partial charge is 0.258 e. The third-order valence-electron chi connectivity index (χ3n) is 5.95. The van der Waals surface area contributed by atoms with Gasteiger partial charge in [0.1, 0.15) is 11.3 Å². The molecular weight excluding hydrogens is 430 g/mol. The van der Waals surface area contributed by atoms with Crippen LogP contribution in [0.1, 0.15) is 19.4 Å². The zero-order valence-electron chi connectivity index (χ0n) is 19.7. The number of aromatic nitrogens is 1. The molecule has 7 heteroatoms. The molecule has 1 unspecified atom stereocenters. The number of benzene rings is 2. The summed E-state index contributed by atoms with van der Waals surface area (Å²) in [4.78, 5) is 31.8. The van der Waals surface area contributed by atoms with Gasteiger partial charge in [0.05, 0.1) is 13.2 Å². The number of para-hydroxylation sites is 1. The van der Waals surface area contributed by atoms with Gasteiger partial charge in [-0.1, -0.05) is 30.3 Å². The zero-order valence-corrected chi connectivity index (χ0v) is 19.7. The average Bonchev–Trinajstić information content (AvgIpc) is 3.08. The van der Waals surface area contributed by atoms with Crippen molar-refractivity contribution in [3.8, 4) is 5.75 Å². The molecule has 2 aromatic carbocycles. The topological polar surface area (TPSA) is 80.8 Å². The number of hydrogen-bond acceptors (Lipinski definition) is 5. The van der Waals surface area contributed by atoms with Gasteiger partial charge in [-0.15, -0.1) is 0 Å². The molecule has 1 aliphatic rings. The van der Waals surface area contributed by atoms with E-state index in [-0.39, 0.29) is 24.3 Å². The van der Waals surface area contributed by atoms with Gasteiger partial charge in [-0.3, -0.25) is 14.6 Å². The third kappa shape index (κ3) is 6.11. The summed E-state index contributed by atoms with van der Waals surface area (Å²) >= 11 is 0. The van der Waals surface area contributed by atoms with Crippen LogP contribution in [0.2, 0.25) is 0 Å². The van der Waals surface area contributed by atoms with Crippen LogP contribution in [0, 0.1) is 5.92 Å². The second kappa shape index (κ2) is 10.7. The Morgan fingerprint density at radius 1 is 1.15 bits per heavy atom. The second-order valence-electron chi connectivity index (χ2n) is 9.23. The number of nitrogens with zero attached hydrogens (tertiary/aromatic N) is 2. The maximum atomic E-state index is 13.4. The van der Waals surface area contributed by atoms with E-state index in [9.17, 15) is 9.59 Å². The fraction of sp³-hybridized carbons (Fsp3) is 0.370. The van der Waals surface area contributed by atoms with Crippen molar-refractivity contribution in [3.05, 3.63) is 72.6 Å².